The molecule has 1 rings (SSSR count). The summed E-state index contributed by atoms with van der Waals surface area (Å²) in [5.74, 6) is 0. The number of hydrazine groups is 1. The van der Waals surface area contributed by atoms with Crippen LogP contribution in [0.1, 0.15) is 25.3 Å². The van der Waals surface area contributed by atoms with Crippen molar-refractivity contribution < 1.29 is 8.42 Å². The lowest BCUT2D eigenvalue weighted by Gasteiger charge is -2.12. The van der Waals surface area contributed by atoms with Gasteiger partial charge in [0.1, 0.15) is 0 Å². The van der Waals surface area contributed by atoms with Crippen molar-refractivity contribution in [3.05, 3.63) is 29.8 Å². The number of nitrogens with one attached hydrogen (secondary N) is 2. The van der Waals surface area contributed by atoms with Crippen LogP contribution in [0.2, 0.25) is 0 Å². The molecule has 0 unspecified atom stereocenters. The second kappa shape index (κ2) is 8.36. The minimum atomic E-state index is -3.45. The van der Waals surface area contributed by atoms with Crippen molar-refractivity contribution in [3.8, 4) is 0 Å². The molecule has 0 aliphatic heterocycles. The molecule has 6 heteroatoms. The van der Waals surface area contributed by atoms with Crippen LogP contribution in [-0.4, -0.2) is 40.6 Å². The first-order valence-corrected chi connectivity index (χ1v) is 8.43. The smallest absolute Gasteiger partial charge is 0.253 e. The van der Waals surface area contributed by atoms with Crippen molar-refractivity contribution >= 4 is 10.0 Å². The minimum absolute atomic E-state index is 0.291. The number of sulfonamides is 1. The van der Waals surface area contributed by atoms with Gasteiger partial charge in [0.05, 0.1) is 4.90 Å². The van der Waals surface area contributed by atoms with E-state index in [2.05, 4.69) is 17.1 Å². The van der Waals surface area contributed by atoms with E-state index in [-0.39, 0.29) is 0 Å². The van der Waals surface area contributed by atoms with Crippen LogP contribution in [0.5, 0.6) is 0 Å². The number of hydrogen-bond donors (Lipinski definition) is 2. The fourth-order valence-corrected chi connectivity index (χ4v) is 2.93. The molecule has 0 saturated carbocycles. The molecule has 0 amide bonds. The quantitative estimate of drug-likeness (QED) is 0.534. The third-order valence-corrected chi connectivity index (χ3v) is 4.28. The van der Waals surface area contributed by atoms with E-state index in [1.807, 2.05) is 12.1 Å². The van der Waals surface area contributed by atoms with Crippen LogP contribution in [0.25, 0.3) is 0 Å². The third-order valence-electron chi connectivity index (χ3n) is 2.78. The molecule has 1 aromatic carbocycles. The van der Waals surface area contributed by atoms with Gasteiger partial charge in [-0.15, -0.1) is 4.83 Å². The Hall–Kier alpha value is -0.950. The first-order chi connectivity index (χ1) is 9.45. The maximum absolute atomic E-state index is 11.9. The molecule has 0 saturated heterocycles. The molecular weight excluding hydrogens is 274 g/mol. The highest BCUT2D eigenvalue weighted by Crippen LogP contribution is 2.11. The molecule has 0 radical (unpaired) electrons. The molecule has 2 N–H and O–H groups in total. The Bertz CT molecular complexity index is 484. The van der Waals surface area contributed by atoms with Gasteiger partial charge in [0.2, 0.25) is 0 Å². The lowest BCUT2D eigenvalue weighted by Crippen LogP contribution is -2.36. The first kappa shape index (κ1) is 17.1. The second-order valence-corrected chi connectivity index (χ2v) is 6.65. The Labute approximate surface area is 122 Å². The SMILES string of the molecule is CCCNCCCc1ccc(S(=O)(=O)NN(C)C)cc1. The van der Waals surface area contributed by atoms with Gasteiger partial charge in [-0.1, -0.05) is 19.1 Å². The zero-order chi connectivity index (χ0) is 15.0. The highest BCUT2D eigenvalue weighted by molar-refractivity contribution is 7.89. The molecule has 0 spiro atoms. The summed E-state index contributed by atoms with van der Waals surface area (Å²) < 4.78 is 23.8. The highest BCUT2D eigenvalue weighted by Gasteiger charge is 2.14. The van der Waals surface area contributed by atoms with E-state index in [0.717, 1.165) is 37.9 Å². The average Bonchev–Trinajstić information content (AvgIpc) is 2.37. The molecular formula is C14H25N3O2S. The maximum atomic E-state index is 11.9. The van der Waals surface area contributed by atoms with Crippen molar-refractivity contribution in [2.75, 3.05) is 27.2 Å². The van der Waals surface area contributed by atoms with E-state index in [4.69, 9.17) is 0 Å². The summed E-state index contributed by atoms with van der Waals surface area (Å²) in [5.41, 5.74) is 1.16. The summed E-state index contributed by atoms with van der Waals surface area (Å²) in [6, 6.07) is 7.06. The summed E-state index contributed by atoms with van der Waals surface area (Å²) in [4.78, 5) is 2.71. The van der Waals surface area contributed by atoms with E-state index in [9.17, 15) is 8.42 Å². The molecule has 0 atom stereocenters. The Balaban J connectivity index is 2.52. The second-order valence-electron chi connectivity index (χ2n) is 4.99. The molecule has 0 fully saturated rings. The van der Waals surface area contributed by atoms with Crippen LogP contribution in [0.4, 0.5) is 0 Å². The van der Waals surface area contributed by atoms with Gasteiger partial charge >= 0.3 is 0 Å². The number of nitrogens with zero attached hydrogens (tertiary/aromatic N) is 1. The summed E-state index contributed by atoms with van der Waals surface area (Å²) >= 11 is 0. The Morgan fingerprint density at radius 2 is 1.75 bits per heavy atom. The van der Waals surface area contributed by atoms with Crippen LogP contribution in [0.3, 0.4) is 0 Å². The number of aryl methyl sites for hydroxylation is 1. The molecule has 5 nitrogen and oxygen atoms in total. The van der Waals surface area contributed by atoms with Crippen molar-refractivity contribution in [2.24, 2.45) is 0 Å². The van der Waals surface area contributed by atoms with Gasteiger partial charge in [-0.25, -0.2) is 13.4 Å². The number of benzene rings is 1. The van der Waals surface area contributed by atoms with E-state index in [0.29, 0.717) is 4.90 Å². The minimum Gasteiger partial charge on any atom is -0.317 e. The zero-order valence-electron chi connectivity index (χ0n) is 12.5. The van der Waals surface area contributed by atoms with Gasteiger partial charge in [-0.3, -0.25) is 0 Å². The van der Waals surface area contributed by atoms with E-state index in [1.165, 1.54) is 5.01 Å². The lowest BCUT2D eigenvalue weighted by molar-refractivity contribution is 0.364. The summed E-state index contributed by atoms with van der Waals surface area (Å²) in [6.07, 6.45) is 3.16. The zero-order valence-corrected chi connectivity index (χ0v) is 13.3. The molecule has 114 valence electrons. The fraction of sp³-hybridized carbons (Fsp3) is 0.571. The third kappa shape index (κ3) is 6.00. The van der Waals surface area contributed by atoms with Crippen molar-refractivity contribution in [1.29, 1.82) is 0 Å². The van der Waals surface area contributed by atoms with Crippen molar-refractivity contribution in [3.63, 3.8) is 0 Å². The van der Waals surface area contributed by atoms with Crippen LogP contribution < -0.4 is 10.1 Å². The van der Waals surface area contributed by atoms with Gasteiger partial charge in [0, 0.05) is 14.1 Å². The van der Waals surface area contributed by atoms with Crippen molar-refractivity contribution in [2.45, 2.75) is 31.1 Å². The molecule has 0 aromatic heterocycles. The van der Waals surface area contributed by atoms with Gasteiger partial charge in [0.25, 0.3) is 10.0 Å². The number of hydrogen-bond acceptors (Lipinski definition) is 4. The predicted molar refractivity (Wildman–Crippen MR) is 81.9 cm³/mol. The Morgan fingerprint density at radius 3 is 2.30 bits per heavy atom. The Kier molecular flexibility index (Phi) is 7.15. The predicted octanol–water partition coefficient (Wildman–Crippen LogP) is 1.37. The van der Waals surface area contributed by atoms with Crippen molar-refractivity contribution in [1.82, 2.24) is 15.2 Å². The molecule has 1 aromatic rings. The molecule has 20 heavy (non-hydrogen) atoms. The first-order valence-electron chi connectivity index (χ1n) is 6.95. The summed E-state index contributed by atoms with van der Waals surface area (Å²) in [7, 11) is -0.149. The van der Waals surface area contributed by atoms with Crippen LogP contribution in [0, 0.1) is 0 Å². The lowest BCUT2D eigenvalue weighted by atomic mass is 10.1. The molecule has 0 aliphatic rings. The monoisotopic (exact) mass is 299 g/mol. The summed E-state index contributed by atoms with van der Waals surface area (Å²) in [6.45, 7) is 4.19. The Morgan fingerprint density at radius 1 is 1.10 bits per heavy atom. The van der Waals surface area contributed by atoms with E-state index in [1.54, 1.807) is 26.2 Å². The number of rotatable bonds is 9. The van der Waals surface area contributed by atoms with Crippen LogP contribution in [0.15, 0.2) is 29.2 Å². The van der Waals surface area contributed by atoms with Crippen LogP contribution >= 0.6 is 0 Å². The topological polar surface area (TPSA) is 61.4 Å². The fourth-order valence-electron chi connectivity index (χ4n) is 1.85. The van der Waals surface area contributed by atoms with Gasteiger partial charge < -0.3 is 5.32 Å². The summed E-state index contributed by atoms with van der Waals surface area (Å²) in [5, 5.41) is 4.77. The van der Waals surface area contributed by atoms with E-state index < -0.39 is 10.0 Å². The largest absolute Gasteiger partial charge is 0.317 e. The van der Waals surface area contributed by atoms with E-state index >= 15 is 0 Å². The molecule has 0 bridgehead atoms. The molecule has 0 aliphatic carbocycles. The average molecular weight is 299 g/mol. The van der Waals surface area contributed by atoms with Gasteiger partial charge in [-0.2, -0.15) is 0 Å². The van der Waals surface area contributed by atoms with Gasteiger partial charge in [0.15, 0.2) is 0 Å². The van der Waals surface area contributed by atoms with Crippen LogP contribution in [-0.2, 0) is 16.4 Å². The maximum Gasteiger partial charge on any atom is 0.253 e. The highest BCUT2D eigenvalue weighted by atomic mass is 32.2. The normalized spacial score (nSPS) is 12.0. The standard InChI is InChI=1S/C14H25N3O2S/c1-4-11-15-12-5-6-13-7-9-14(10-8-13)20(18,19)16-17(2)3/h7-10,15-16H,4-6,11-12H2,1-3H3. The molecule has 0 heterocycles. The van der Waals surface area contributed by atoms with Gasteiger partial charge in [-0.05, 0) is 50.0 Å².